The molecular weight excluding hydrogens is 354 g/mol. The molecule has 2 aromatic carbocycles. The standard InChI is InChI=1S/C20H17N7O/c28-20(18-11-12-26(23-18)16-7-2-1-3-8-16)21-15-6-4-5-14(13-15)19-22-24-25-27(19)17-9-10-17/h1-8,11-13,17H,9-10H2,(H,21,28). The van der Waals surface area contributed by atoms with Crippen molar-refractivity contribution in [2.24, 2.45) is 0 Å². The third kappa shape index (κ3) is 3.16. The van der Waals surface area contributed by atoms with Gasteiger partial charge in [0.25, 0.3) is 5.91 Å². The minimum Gasteiger partial charge on any atom is -0.321 e. The molecule has 1 N–H and O–H groups in total. The van der Waals surface area contributed by atoms with Crippen LogP contribution in [0.2, 0.25) is 0 Å². The number of carbonyl (C=O) groups is 1. The summed E-state index contributed by atoms with van der Waals surface area (Å²) in [4.78, 5) is 12.6. The highest BCUT2D eigenvalue weighted by atomic mass is 16.1. The molecule has 0 aliphatic heterocycles. The van der Waals surface area contributed by atoms with Crippen LogP contribution in [-0.2, 0) is 0 Å². The summed E-state index contributed by atoms with van der Waals surface area (Å²) < 4.78 is 3.53. The highest BCUT2D eigenvalue weighted by Crippen LogP contribution is 2.36. The van der Waals surface area contributed by atoms with Crippen LogP contribution in [0, 0.1) is 0 Å². The second-order valence-electron chi connectivity index (χ2n) is 6.69. The second kappa shape index (κ2) is 6.73. The Kier molecular flexibility index (Phi) is 3.93. The van der Waals surface area contributed by atoms with Gasteiger partial charge in [0.05, 0.1) is 11.7 Å². The Morgan fingerprint density at radius 3 is 2.71 bits per heavy atom. The van der Waals surface area contributed by atoms with E-state index in [1.165, 1.54) is 0 Å². The number of amides is 1. The summed E-state index contributed by atoms with van der Waals surface area (Å²) in [5.74, 6) is 0.445. The molecule has 8 nitrogen and oxygen atoms in total. The van der Waals surface area contributed by atoms with Crippen molar-refractivity contribution in [2.45, 2.75) is 18.9 Å². The summed E-state index contributed by atoms with van der Waals surface area (Å²) in [6.07, 6.45) is 3.96. The number of para-hydroxylation sites is 1. The van der Waals surface area contributed by atoms with Crippen molar-refractivity contribution in [3.8, 4) is 17.1 Å². The van der Waals surface area contributed by atoms with Crippen molar-refractivity contribution >= 4 is 11.6 Å². The van der Waals surface area contributed by atoms with E-state index in [4.69, 9.17) is 0 Å². The summed E-state index contributed by atoms with van der Waals surface area (Å²) in [5.41, 5.74) is 2.78. The lowest BCUT2D eigenvalue weighted by Crippen LogP contribution is -2.13. The average molecular weight is 371 g/mol. The monoisotopic (exact) mass is 371 g/mol. The zero-order valence-electron chi connectivity index (χ0n) is 14.9. The fraction of sp³-hybridized carbons (Fsp3) is 0.150. The smallest absolute Gasteiger partial charge is 0.276 e. The van der Waals surface area contributed by atoms with Gasteiger partial charge in [-0.3, -0.25) is 4.79 Å². The van der Waals surface area contributed by atoms with Crippen molar-refractivity contribution < 1.29 is 4.79 Å². The van der Waals surface area contributed by atoms with Gasteiger partial charge >= 0.3 is 0 Å². The Labute approximate surface area is 160 Å². The fourth-order valence-electron chi connectivity index (χ4n) is 3.05. The van der Waals surface area contributed by atoms with E-state index in [9.17, 15) is 4.79 Å². The van der Waals surface area contributed by atoms with Gasteiger partial charge in [-0.2, -0.15) is 5.10 Å². The predicted molar refractivity (Wildman–Crippen MR) is 103 cm³/mol. The molecule has 28 heavy (non-hydrogen) atoms. The van der Waals surface area contributed by atoms with E-state index in [1.807, 2.05) is 59.3 Å². The summed E-state index contributed by atoms with van der Waals surface area (Å²) in [5, 5.41) is 19.3. The van der Waals surface area contributed by atoms with Crippen molar-refractivity contribution in [1.29, 1.82) is 0 Å². The molecule has 2 aromatic heterocycles. The molecule has 1 aliphatic rings. The van der Waals surface area contributed by atoms with Gasteiger partial charge in [0, 0.05) is 17.4 Å². The minimum absolute atomic E-state index is 0.270. The largest absolute Gasteiger partial charge is 0.321 e. The maximum Gasteiger partial charge on any atom is 0.276 e. The molecular formula is C20H17N7O. The molecule has 2 heterocycles. The number of carbonyl (C=O) groups excluding carboxylic acids is 1. The third-order valence-corrected chi connectivity index (χ3v) is 4.61. The van der Waals surface area contributed by atoms with E-state index >= 15 is 0 Å². The molecule has 1 fully saturated rings. The predicted octanol–water partition coefficient (Wildman–Crippen LogP) is 3.11. The van der Waals surface area contributed by atoms with Crippen LogP contribution in [0.25, 0.3) is 17.1 Å². The maximum atomic E-state index is 12.6. The maximum absolute atomic E-state index is 12.6. The summed E-state index contributed by atoms with van der Waals surface area (Å²) in [6.45, 7) is 0. The first-order valence-electron chi connectivity index (χ1n) is 9.09. The van der Waals surface area contributed by atoms with Gasteiger partial charge in [-0.05, 0) is 53.6 Å². The molecule has 138 valence electrons. The van der Waals surface area contributed by atoms with Crippen molar-refractivity contribution in [3.05, 3.63) is 72.6 Å². The lowest BCUT2D eigenvalue weighted by Gasteiger charge is -2.07. The number of benzene rings is 2. The zero-order chi connectivity index (χ0) is 18.9. The first kappa shape index (κ1) is 16.4. The zero-order valence-corrected chi connectivity index (χ0v) is 14.9. The molecule has 8 heteroatoms. The van der Waals surface area contributed by atoms with Gasteiger partial charge in [0.1, 0.15) is 0 Å². The van der Waals surface area contributed by atoms with E-state index in [1.54, 1.807) is 16.9 Å². The number of hydrogen-bond acceptors (Lipinski definition) is 5. The molecule has 0 atom stereocenters. The van der Waals surface area contributed by atoms with Crippen LogP contribution in [0.1, 0.15) is 29.4 Å². The van der Waals surface area contributed by atoms with Crippen molar-refractivity contribution in [2.75, 3.05) is 5.32 Å². The van der Waals surface area contributed by atoms with Crippen molar-refractivity contribution in [3.63, 3.8) is 0 Å². The highest BCUT2D eigenvalue weighted by Gasteiger charge is 2.28. The molecule has 4 aromatic rings. The molecule has 0 radical (unpaired) electrons. The normalized spacial score (nSPS) is 13.4. The number of nitrogens with one attached hydrogen (secondary N) is 1. The Bertz CT molecular complexity index is 1130. The van der Waals surface area contributed by atoms with Crippen LogP contribution < -0.4 is 5.32 Å². The Balaban J connectivity index is 1.36. The number of hydrogen-bond donors (Lipinski definition) is 1. The fourth-order valence-corrected chi connectivity index (χ4v) is 3.05. The van der Waals surface area contributed by atoms with Crippen LogP contribution >= 0.6 is 0 Å². The Morgan fingerprint density at radius 1 is 1.04 bits per heavy atom. The van der Waals surface area contributed by atoms with E-state index < -0.39 is 0 Å². The van der Waals surface area contributed by atoms with Crippen LogP contribution in [0.15, 0.2) is 66.9 Å². The SMILES string of the molecule is O=C(Nc1cccc(-c2nnnn2C2CC2)c1)c1ccn(-c2ccccc2)n1. The number of tetrazole rings is 1. The number of nitrogens with zero attached hydrogens (tertiary/aromatic N) is 6. The van der Waals surface area contributed by atoms with E-state index in [-0.39, 0.29) is 5.91 Å². The lowest BCUT2D eigenvalue weighted by molar-refractivity contribution is 0.102. The summed E-state index contributed by atoms with van der Waals surface area (Å²) >= 11 is 0. The van der Waals surface area contributed by atoms with Gasteiger partial charge in [0.15, 0.2) is 11.5 Å². The van der Waals surface area contributed by atoms with Gasteiger partial charge in [0.2, 0.25) is 0 Å². The highest BCUT2D eigenvalue weighted by molar-refractivity contribution is 6.03. The average Bonchev–Trinajstić information content (AvgIpc) is 3.26. The van der Waals surface area contributed by atoms with Gasteiger partial charge in [-0.1, -0.05) is 30.3 Å². The van der Waals surface area contributed by atoms with Crippen LogP contribution in [0.4, 0.5) is 5.69 Å². The van der Waals surface area contributed by atoms with Crippen LogP contribution in [0.3, 0.4) is 0 Å². The topological polar surface area (TPSA) is 90.5 Å². The van der Waals surface area contributed by atoms with Gasteiger partial charge in [-0.25, -0.2) is 9.36 Å². The molecule has 0 spiro atoms. The molecule has 0 unspecified atom stereocenters. The minimum atomic E-state index is -0.270. The van der Waals surface area contributed by atoms with E-state index in [2.05, 4.69) is 25.9 Å². The number of anilines is 1. The molecule has 1 aliphatic carbocycles. The van der Waals surface area contributed by atoms with Gasteiger partial charge in [-0.15, -0.1) is 5.10 Å². The van der Waals surface area contributed by atoms with Gasteiger partial charge < -0.3 is 5.32 Å². The summed E-state index contributed by atoms with van der Waals surface area (Å²) in [7, 11) is 0. The first-order chi connectivity index (χ1) is 13.8. The molecule has 0 saturated heterocycles. The van der Waals surface area contributed by atoms with E-state index in [0.29, 0.717) is 23.2 Å². The molecule has 0 bridgehead atoms. The number of aromatic nitrogens is 6. The lowest BCUT2D eigenvalue weighted by atomic mass is 10.2. The van der Waals surface area contributed by atoms with Crippen LogP contribution in [0.5, 0.6) is 0 Å². The molecule has 1 amide bonds. The third-order valence-electron chi connectivity index (χ3n) is 4.61. The van der Waals surface area contributed by atoms with E-state index in [0.717, 1.165) is 24.1 Å². The molecule has 1 saturated carbocycles. The quantitative estimate of drug-likeness (QED) is 0.582. The van der Waals surface area contributed by atoms with Crippen molar-refractivity contribution in [1.82, 2.24) is 30.0 Å². The first-order valence-corrected chi connectivity index (χ1v) is 9.09. The number of rotatable bonds is 5. The Morgan fingerprint density at radius 2 is 1.89 bits per heavy atom. The second-order valence-corrected chi connectivity index (χ2v) is 6.69. The Hall–Kier alpha value is -3.81. The van der Waals surface area contributed by atoms with Crippen LogP contribution in [-0.4, -0.2) is 35.9 Å². The molecule has 5 rings (SSSR count). The summed E-state index contributed by atoms with van der Waals surface area (Å²) in [6, 6.07) is 19.2.